The Morgan fingerprint density at radius 2 is 1.67 bits per heavy atom. The van der Waals surface area contributed by atoms with Crippen LogP contribution in [0.25, 0.3) is 0 Å². The second-order valence-corrected chi connectivity index (χ2v) is 18.5. The average molecular weight is 729 g/mol. The lowest BCUT2D eigenvalue weighted by Gasteiger charge is -2.71. The third-order valence-corrected chi connectivity index (χ3v) is 15.5. The minimum atomic E-state index is -0.909. The normalized spacial score (nSPS) is 40.5. The number of ether oxygens (including phenoxy) is 3. The number of ketones is 1. The molecule has 5 rings (SSSR count). The number of amides is 1. The molecule has 0 aromatic heterocycles. The van der Waals surface area contributed by atoms with Crippen molar-refractivity contribution in [3.8, 4) is 0 Å². The van der Waals surface area contributed by atoms with Gasteiger partial charge in [-0.05, 0) is 97.7 Å². The molecule has 12 atom stereocenters. The van der Waals surface area contributed by atoms with E-state index in [2.05, 4.69) is 59.9 Å². The molecule has 0 spiro atoms. The Bertz CT molecular complexity index is 1480. The number of hydrogen-bond acceptors (Lipinski definition) is 9. The van der Waals surface area contributed by atoms with Gasteiger partial charge in [0.25, 0.3) is 5.91 Å². The zero-order valence-electron chi connectivity index (χ0n) is 33.0. The maximum absolute atomic E-state index is 13.6. The van der Waals surface area contributed by atoms with E-state index in [1.54, 1.807) is 0 Å². The van der Waals surface area contributed by atoms with Gasteiger partial charge in [0.05, 0.1) is 19.1 Å². The fraction of sp³-hybridized carbons (Fsp3) is 0.829. The van der Waals surface area contributed by atoms with E-state index in [0.717, 1.165) is 25.7 Å². The maximum atomic E-state index is 13.6. The maximum Gasteiger partial charge on any atom is 0.323 e. The van der Waals surface area contributed by atoms with Crippen LogP contribution in [-0.2, 0) is 38.2 Å². The van der Waals surface area contributed by atoms with Gasteiger partial charge in [-0.2, -0.15) is 0 Å². The highest BCUT2D eigenvalue weighted by Gasteiger charge is 2.72. The zero-order valence-corrected chi connectivity index (χ0v) is 33.0. The molecular weight excluding hydrogens is 664 g/mol. The van der Waals surface area contributed by atoms with Crippen LogP contribution in [0.5, 0.6) is 0 Å². The summed E-state index contributed by atoms with van der Waals surface area (Å²) in [5.74, 6) is -2.53. The van der Waals surface area contributed by atoms with Crippen molar-refractivity contribution in [3.05, 3.63) is 11.6 Å². The number of allylic oxidation sites excluding steroid dienone is 1. The summed E-state index contributed by atoms with van der Waals surface area (Å²) < 4.78 is 18.8. The van der Waals surface area contributed by atoms with Gasteiger partial charge in [0, 0.05) is 31.2 Å². The van der Waals surface area contributed by atoms with Crippen LogP contribution in [0.2, 0.25) is 0 Å². The number of Topliss-reactive ketones (excluding diaryl/α,β-unsaturated/α-hetero) is 1. The van der Waals surface area contributed by atoms with Crippen LogP contribution in [0, 0.1) is 56.7 Å². The molecule has 1 saturated heterocycles. The summed E-state index contributed by atoms with van der Waals surface area (Å²) >= 11 is 0. The summed E-state index contributed by atoms with van der Waals surface area (Å²) in [6, 6.07) is -0.909. The van der Waals surface area contributed by atoms with Gasteiger partial charge in [0.2, 0.25) is 5.78 Å². The van der Waals surface area contributed by atoms with Gasteiger partial charge in [-0.1, -0.05) is 60.1 Å². The Balaban J connectivity index is 1.43. The van der Waals surface area contributed by atoms with Gasteiger partial charge < -0.3 is 30.4 Å². The van der Waals surface area contributed by atoms with E-state index in [0.29, 0.717) is 57.8 Å². The van der Waals surface area contributed by atoms with E-state index < -0.39 is 70.0 Å². The van der Waals surface area contributed by atoms with Crippen molar-refractivity contribution < 1.29 is 43.3 Å². The van der Waals surface area contributed by atoms with Crippen molar-refractivity contribution in [1.82, 2.24) is 5.32 Å². The van der Waals surface area contributed by atoms with Crippen LogP contribution in [0.4, 0.5) is 0 Å². The van der Waals surface area contributed by atoms with Gasteiger partial charge in [-0.15, -0.1) is 0 Å². The van der Waals surface area contributed by atoms with Gasteiger partial charge in [-0.25, -0.2) is 0 Å². The lowest BCUT2D eigenvalue weighted by molar-refractivity contribution is -0.263. The van der Waals surface area contributed by atoms with Crippen molar-refractivity contribution in [2.75, 3.05) is 19.8 Å². The molecular formula is C41H64N2O9. The van der Waals surface area contributed by atoms with Crippen LogP contribution >= 0.6 is 0 Å². The second-order valence-electron chi connectivity index (χ2n) is 18.5. The number of fused-ring (bicyclic) bond motifs is 3. The van der Waals surface area contributed by atoms with E-state index in [9.17, 15) is 29.1 Å². The van der Waals surface area contributed by atoms with E-state index >= 15 is 0 Å². The van der Waals surface area contributed by atoms with Crippen molar-refractivity contribution >= 4 is 29.6 Å². The fourth-order valence-electron chi connectivity index (χ4n) is 12.3. The number of rotatable bonds is 12. The number of nitrogens with two attached hydrogens (primary N) is 1. The molecule has 2 bridgehead atoms. The molecule has 0 radical (unpaired) electrons. The molecule has 52 heavy (non-hydrogen) atoms. The number of carboxylic acid groups (broad SMARTS) is 1. The Kier molecular flexibility index (Phi) is 11.2. The van der Waals surface area contributed by atoms with Gasteiger partial charge >= 0.3 is 17.9 Å². The van der Waals surface area contributed by atoms with Crippen molar-refractivity contribution in [1.29, 1.82) is 0 Å². The highest BCUT2D eigenvalue weighted by molar-refractivity contribution is 6.35. The van der Waals surface area contributed by atoms with Crippen LogP contribution < -0.4 is 11.1 Å². The highest BCUT2D eigenvalue weighted by Crippen LogP contribution is 2.75. The van der Waals surface area contributed by atoms with Crippen LogP contribution in [0.1, 0.15) is 120 Å². The third-order valence-electron chi connectivity index (χ3n) is 15.5. The van der Waals surface area contributed by atoms with E-state index in [-0.39, 0.29) is 28.6 Å². The molecule has 1 unspecified atom stereocenters. The van der Waals surface area contributed by atoms with Gasteiger partial charge in [0.1, 0.15) is 18.2 Å². The first-order valence-electron chi connectivity index (χ1n) is 19.6. The highest BCUT2D eigenvalue weighted by atomic mass is 16.6. The minimum absolute atomic E-state index is 0.0972. The zero-order chi connectivity index (χ0) is 38.6. The van der Waals surface area contributed by atoms with Gasteiger partial charge in [-0.3, -0.25) is 24.0 Å². The Morgan fingerprint density at radius 3 is 2.29 bits per heavy atom. The predicted molar refractivity (Wildman–Crippen MR) is 195 cm³/mol. The molecule has 4 aliphatic carbocycles. The minimum Gasteiger partial charge on any atom is -0.481 e. The Labute approximate surface area is 309 Å². The summed E-state index contributed by atoms with van der Waals surface area (Å²) in [6.07, 6.45) is 6.99. The van der Waals surface area contributed by atoms with Crippen molar-refractivity contribution in [3.63, 3.8) is 0 Å². The molecule has 1 aliphatic heterocycles. The molecule has 11 nitrogen and oxygen atoms in total. The first kappa shape index (κ1) is 40.4. The fourth-order valence-corrected chi connectivity index (χ4v) is 12.3. The first-order valence-corrected chi connectivity index (χ1v) is 19.6. The molecule has 3 saturated carbocycles. The molecule has 4 N–H and O–H groups in total. The summed E-state index contributed by atoms with van der Waals surface area (Å²) in [7, 11) is 0. The molecule has 5 aliphatic rings. The van der Waals surface area contributed by atoms with Crippen LogP contribution in [0.15, 0.2) is 11.6 Å². The predicted octanol–water partition coefficient (Wildman–Crippen LogP) is 5.62. The number of carbonyl (C=O) groups is 5. The standard InChI is InChI=1S/C41H64N2O9/c1-23(2)24(3)37(6)17-18-39(8)27-13-14-31-38(7)21-50-22-41(31,28(27)15-16-40(39,9)32(37)35(47)48)20-30(51-26(5)45)33(38)52-36(49)29(42)12-10-11-19-43-34(46)25(4)44/h15,23-24,27,29-33H,10-14,16-22,42H2,1-9H3,(H,43,46)(H,47,48)/t24-,27+,29?,30-,31+,32-,33+,37-,38-,39-,40+,41+/m1/s1. The van der Waals surface area contributed by atoms with Crippen LogP contribution in [0.3, 0.4) is 0 Å². The topological polar surface area (TPSA) is 171 Å². The average Bonchev–Trinajstić information content (AvgIpc) is 3.05. The number of esters is 2. The van der Waals surface area contributed by atoms with E-state index in [1.165, 1.54) is 19.4 Å². The Hall–Kier alpha value is -2.79. The Morgan fingerprint density at radius 1 is 0.981 bits per heavy atom. The van der Waals surface area contributed by atoms with Crippen molar-refractivity contribution in [2.24, 2.45) is 62.4 Å². The number of unbranched alkanes of at least 4 members (excludes halogenated alkanes) is 1. The molecule has 1 amide bonds. The number of aliphatic carboxylic acids is 1. The van der Waals surface area contributed by atoms with E-state index in [1.807, 2.05) is 0 Å². The number of carboxylic acids is 1. The molecule has 11 heteroatoms. The van der Waals surface area contributed by atoms with Crippen molar-refractivity contribution in [2.45, 2.75) is 138 Å². The summed E-state index contributed by atoms with van der Waals surface area (Å²) in [6.45, 7) is 19.2. The lowest BCUT2D eigenvalue weighted by Crippen LogP contribution is -2.70. The number of carbonyl (C=O) groups excluding carboxylic acids is 4. The molecule has 4 fully saturated rings. The molecule has 1 heterocycles. The molecule has 292 valence electrons. The summed E-state index contributed by atoms with van der Waals surface area (Å²) in [5, 5.41) is 13.5. The first-order chi connectivity index (χ1) is 24.2. The number of hydrogen-bond donors (Lipinski definition) is 3. The smallest absolute Gasteiger partial charge is 0.323 e. The largest absolute Gasteiger partial charge is 0.481 e. The SMILES string of the molecule is CC(=O)O[C@@H]1C[C@@]23COC[C@](C)([C@@H]2CC[C@H]2C3=CC[C@@]3(C)[C@H](C(=O)O)[C@@](C)([C@H](C)C(C)C)CC[C@]23C)[C@H]1OC(=O)C(N)CCCCNC(=O)C(C)=O. The molecule has 0 aromatic carbocycles. The summed E-state index contributed by atoms with van der Waals surface area (Å²) in [4.78, 5) is 62.3. The molecule has 0 aromatic rings. The quantitative estimate of drug-likeness (QED) is 0.0992. The second kappa shape index (κ2) is 14.5. The summed E-state index contributed by atoms with van der Waals surface area (Å²) in [5.41, 5.74) is 5.50. The lowest BCUT2D eigenvalue weighted by atomic mass is 9.34. The monoisotopic (exact) mass is 728 g/mol. The number of nitrogens with one attached hydrogen (secondary N) is 1. The van der Waals surface area contributed by atoms with Crippen LogP contribution in [-0.4, -0.2) is 72.7 Å². The van der Waals surface area contributed by atoms with Gasteiger partial charge in [0.15, 0.2) is 0 Å². The van der Waals surface area contributed by atoms with E-state index in [4.69, 9.17) is 19.9 Å². The third kappa shape index (κ3) is 6.43.